The molecule has 0 N–H and O–H groups in total. The number of rotatable bonds is 0. The van der Waals surface area contributed by atoms with Gasteiger partial charge in [-0.1, -0.05) is 13.8 Å². The van der Waals surface area contributed by atoms with Crippen LogP contribution in [0.2, 0.25) is 0 Å². The summed E-state index contributed by atoms with van der Waals surface area (Å²) in [5.41, 5.74) is 0. The van der Waals surface area contributed by atoms with Crippen LogP contribution in [-0.4, -0.2) is 0 Å². The Bertz CT molecular complexity index is 7.61. The topological polar surface area (TPSA) is 0 Å². The standard InChI is InChI=1S/C2H6.2ClH.V/c1-2;;;/h1-2H3;2*1H;. The van der Waals surface area contributed by atoms with Gasteiger partial charge in [-0.05, 0) is 0 Å². The van der Waals surface area contributed by atoms with Crippen molar-refractivity contribution in [2.75, 3.05) is 0 Å². The van der Waals surface area contributed by atoms with Gasteiger partial charge in [-0.2, -0.15) is 0 Å². The SMILES string of the molecule is CC.Cl.Cl.[V]. The quantitative estimate of drug-likeness (QED) is 0.499. The van der Waals surface area contributed by atoms with Gasteiger partial charge in [0, 0.05) is 18.6 Å². The second kappa shape index (κ2) is 66.1. The van der Waals surface area contributed by atoms with Gasteiger partial charge in [0.15, 0.2) is 0 Å². The van der Waals surface area contributed by atoms with Crippen molar-refractivity contribution in [1.29, 1.82) is 0 Å². The summed E-state index contributed by atoms with van der Waals surface area (Å²) in [6.07, 6.45) is 0. The van der Waals surface area contributed by atoms with Crippen LogP contribution in [0, 0.1) is 0 Å². The second-order valence-electron chi connectivity index (χ2n) is 0. The van der Waals surface area contributed by atoms with Gasteiger partial charge in [0.05, 0.1) is 0 Å². The van der Waals surface area contributed by atoms with Crippen molar-refractivity contribution in [2.45, 2.75) is 13.8 Å². The van der Waals surface area contributed by atoms with Crippen molar-refractivity contribution in [3.05, 3.63) is 0 Å². The van der Waals surface area contributed by atoms with E-state index in [9.17, 15) is 0 Å². The zero-order chi connectivity index (χ0) is 2.00. The predicted octanol–water partition coefficient (Wildman–Crippen LogP) is 1.87. The van der Waals surface area contributed by atoms with Crippen LogP contribution >= 0.6 is 24.8 Å². The van der Waals surface area contributed by atoms with Gasteiger partial charge >= 0.3 is 0 Å². The molecular weight excluding hydrogens is 146 g/mol. The van der Waals surface area contributed by atoms with E-state index in [1.807, 2.05) is 13.8 Å². The number of halogens is 2. The van der Waals surface area contributed by atoms with E-state index in [0.717, 1.165) is 0 Å². The summed E-state index contributed by atoms with van der Waals surface area (Å²) in [5, 5.41) is 0. The minimum atomic E-state index is 0. The van der Waals surface area contributed by atoms with E-state index >= 15 is 0 Å². The van der Waals surface area contributed by atoms with Gasteiger partial charge in [-0.25, -0.2) is 0 Å². The number of hydrogen-bond acceptors (Lipinski definition) is 0. The van der Waals surface area contributed by atoms with E-state index < -0.39 is 0 Å². The number of hydrogen-bond donors (Lipinski definition) is 0. The summed E-state index contributed by atoms with van der Waals surface area (Å²) in [5.74, 6) is 0. The first-order chi connectivity index (χ1) is 1.00. The third kappa shape index (κ3) is 38.1. The van der Waals surface area contributed by atoms with Gasteiger partial charge in [-0.15, -0.1) is 24.8 Å². The Balaban J connectivity index is -0.00000000167. The summed E-state index contributed by atoms with van der Waals surface area (Å²) in [6, 6.07) is 0. The smallest absolute Gasteiger partial charge is 0 e. The average molecular weight is 154 g/mol. The summed E-state index contributed by atoms with van der Waals surface area (Å²) < 4.78 is 0. The summed E-state index contributed by atoms with van der Waals surface area (Å²) in [7, 11) is 0. The maximum atomic E-state index is 2.00. The first-order valence-electron chi connectivity index (χ1n) is 1.00. The van der Waals surface area contributed by atoms with E-state index in [0.29, 0.717) is 0 Å². The first kappa shape index (κ1) is 35.1. The zero-order valence-electron chi connectivity index (χ0n) is 3.26. The molecular formula is C2H8Cl2V. The van der Waals surface area contributed by atoms with Crippen molar-refractivity contribution >= 4 is 24.8 Å². The molecule has 0 amide bonds. The second-order valence-corrected chi connectivity index (χ2v) is 0. The maximum Gasteiger partial charge on any atom is 0 e. The molecule has 0 spiro atoms. The fourth-order valence-electron chi connectivity index (χ4n) is 0. The Morgan fingerprint density at radius 1 is 0.800 bits per heavy atom. The first-order valence-corrected chi connectivity index (χ1v) is 1.00. The van der Waals surface area contributed by atoms with Gasteiger partial charge in [0.1, 0.15) is 0 Å². The van der Waals surface area contributed by atoms with E-state index in [1.165, 1.54) is 0 Å². The molecule has 0 atom stereocenters. The molecule has 35 valence electrons. The molecule has 3 heteroatoms. The summed E-state index contributed by atoms with van der Waals surface area (Å²) in [6.45, 7) is 4.00. The molecule has 0 fully saturated rings. The van der Waals surface area contributed by atoms with Gasteiger partial charge in [-0.3, -0.25) is 0 Å². The molecule has 0 aliphatic heterocycles. The maximum absolute atomic E-state index is 2.00. The van der Waals surface area contributed by atoms with Gasteiger partial charge in [0.25, 0.3) is 0 Å². The van der Waals surface area contributed by atoms with Crippen molar-refractivity contribution in [2.24, 2.45) is 0 Å². The van der Waals surface area contributed by atoms with Crippen LogP contribution in [-0.2, 0) is 18.6 Å². The van der Waals surface area contributed by atoms with Crippen LogP contribution in [0.4, 0.5) is 0 Å². The van der Waals surface area contributed by atoms with Crippen LogP contribution < -0.4 is 0 Å². The molecule has 0 bridgehead atoms. The Labute approximate surface area is 57.4 Å². The largest absolute Gasteiger partial charge is 0.147 e. The van der Waals surface area contributed by atoms with E-state index in [-0.39, 0.29) is 43.4 Å². The van der Waals surface area contributed by atoms with Crippen molar-refractivity contribution in [3.8, 4) is 0 Å². The van der Waals surface area contributed by atoms with E-state index in [4.69, 9.17) is 0 Å². The van der Waals surface area contributed by atoms with Crippen molar-refractivity contribution in [3.63, 3.8) is 0 Å². The fraction of sp³-hybridized carbons (Fsp3) is 1.00. The third-order valence-corrected chi connectivity index (χ3v) is 0. The Hall–Kier alpha value is 1.16. The molecule has 0 unspecified atom stereocenters. The van der Waals surface area contributed by atoms with E-state index in [1.54, 1.807) is 0 Å². The molecule has 0 aliphatic rings. The summed E-state index contributed by atoms with van der Waals surface area (Å²) in [4.78, 5) is 0. The minimum Gasteiger partial charge on any atom is -0.147 e. The molecule has 0 rings (SSSR count). The van der Waals surface area contributed by atoms with Crippen LogP contribution in [0.5, 0.6) is 0 Å². The third-order valence-electron chi connectivity index (χ3n) is 0. The molecule has 1 radical (unpaired) electrons. The molecule has 0 aromatic rings. The molecule has 0 aliphatic carbocycles. The van der Waals surface area contributed by atoms with Crippen LogP contribution in [0.25, 0.3) is 0 Å². The normalized spacial score (nSPS) is 1.20. The minimum absolute atomic E-state index is 0. The Morgan fingerprint density at radius 2 is 0.800 bits per heavy atom. The Morgan fingerprint density at radius 3 is 0.800 bits per heavy atom. The predicted molar refractivity (Wildman–Crippen MR) is 25.8 cm³/mol. The monoisotopic (exact) mass is 153 g/mol. The molecule has 0 saturated carbocycles. The molecule has 0 aromatic carbocycles. The molecule has 0 nitrogen and oxygen atoms in total. The van der Waals surface area contributed by atoms with Crippen LogP contribution in [0.15, 0.2) is 0 Å². The molecule has 0 aromatic heterocycles. The van der Waals surface area contributed by atoms with Gasteiger partial charge in [0.2, 0.25) is 0 Å². The Kier molecular flexibility index (Phi) is 464. The molecule has 0 heterocycles. The average Bonchev–Trinajstić information content (AvgIpc) is 1.00. The van der Waals surface area contributed by atoms with Crippen molar-refractivity contribution < 1.29 is 18.6 Å². The van der Waals surface area contributed by atoms with Gasteiger partial charge < -0.3 is 0 Å². The van der Waals surface area contributed by atoms with Crippen molar-refractivity contribution in [1.82, 2.24) is 0 Å². The van der Waals surface area contributed by atoms with E-state index in [2.05, 4.69) is 0 Å². The molecule has 5 heavy (non-hydrogen) atoms. The zero-order valence-corrected chi connectivity index (χ0v) is 6.29. The van der Waals surface area contributed by atoms with Crippen LogP contribution in [0.1, 0.15) is 13.8 Å². The molecule has 0 saturated heterocycles. The summed E-state index contributed by atoms with van der Waals surface area (Å²) >= 11 is 0. The fourth-order valence-corrected chi connectivity index (χ4v) is 0. The van der Waals surface area contributed by atoms with Crippen LogP contribution in [0.3, 0.4) is 0 Å².